The molecule has 0 aromatic carbocycles. The molecule has 0 bridgehead atoms. The van der Waals surface area contributed by atoms with Gasteiger partial charge >= 0.3 is 12.1 Å². The second-order valence-electron chi connectivity index (χ2n) is 5.61. The Kier molecular flexibility index (Phi) is 4.84. The number of pyridine rings is 1. The highest BCUT2D eigenvalue weighted by atomic mass is 16.6. The molecule has 3 heterocycles. The molecule has 1 aliphatic rings. The molecule has 0 fully saturated rings. The lowest BCUT2D eigenvalue weighted by Gasteiger charge is -2.29. The molecule has 0 unspecified atom stereocenters. The molecule has 134 valence electrons. The zero-order valence-electron chi connectivity index (χ0n) is 14.5. The molecule has 2 aromatic heterocycles. The van der Waals surface area contributed by atoms with Gasteiger partial charge in [-0.2, -0.15) is 5.26 Å². The van der Waals surface area contributed by atoms with Crippen LogP contribution in [0, 0.1) is 11.3 Å². The maximum atomic E-state index is 12.1. The van der Waals surface area contributed by atoms with Crippen LogP contribution in [0.25, 0.3) is 11.1 Å². The Bertz CT molecular complexity index is 876. The van der Waals surface area contributed by atoms with Crippen LogP contribution >= 0.6 is 0 Å². The number of rotatable bonds is 3. The maximum Gasteiger partial charge on any atom is 0.410 e. The summed E-state index contributed by atoms with van der Waals surface area (Å²) in [6.45, 7) is 2.80. The molecule has 0 aliphatic carbocycles. The van der Waals surface area contributed by atoms with E-state index in [1.165, 1.54) is 7.11 Å². The molecule has 26 heavy (non-hydrogen) atoms. The summed E-state index contributed by atoms with van der Waals surface area (Å²) in [7, 11) is 1.47. The fraction of sp³-hybridized carbons (Fsp3) is 0.353. The fourth-order valence-corrected chi connectivity index (χ4v) is 2.93. The average molecular weight is 354 g/mol. The van der Waals surface area contributed by atoms with Crippen molar-refractivity contribution in [2.24, 2.45) is 0 Å². The largest absolute Gasteiger partial charge is 0.467 e. The first-order chi connectivity index (χ1) is 12.6. The highest BCUT2D eigenvalue weighted by Crippen LogP contribution is 2.34. The molecular formula is C17H18N6O3. The van der Waals surface area contributed by atoms with E-state index in [-0.39, 0.29) is 23.9 Å². The van der Waals surface area contributed by atoms with Gasteiger partial charge in [0.2, 0.25) is 0 Å². The zero-order valence-corrected chi connectivity index (χ0v) is 14.5. The van der Waals surface area contributed by atoms with E-state index in [1.54, 1.807) is 24.2 Å². The van der Waals surface area contributed by atoms with Crippen LogP contribution in [0.2, 0.25) is 0 Å². The van der Waals surface area contributed by atoms with Gasteiger partial charge in [0, 0.05) is 42.0 Å². The molecule has 9 nitrogen and oxygen atoms in total. The number of ether oxygens (including phenoxy) is 2. The molecule has 3 rings (SSSR count). The van der Waals surface area contributed by atoms with Crippen LogP contribution in [0.15, 0.2) is 12.4 Å². The fourth-order valence-electron chi connectivity index (χ4n) is 2.93. The summed E-state index contributed by atoms with van der Waals surface area (Å²) in [6, 6.07) is 2.32. The first-order valence-corrected chi connectivity index (χ1v) is 8.08. The smallest absolute Gasteiger partial charge is 0.410 e. The second kappa shape index (κ2) is 7.23. The summed E-state index contributed by atoms with van der Waals surface area (Å²) in [5.41, 5.74) is 8.94. The molecule has 2 N–H and O–H groups in total. The molecule has 0 spiro atoms. The number of aromatic nitrogens is 3. The summed E-state index contributed by atoms with van der Waals surface area (Å²) in [6.07, 6.45) is 3.25. The Hall–Kier alpha value is -3.41. The number of hydrogen-bond donors (Lipinski definition) is 1. The van der Waals surface area contributed by atoms with E-state index in [0.29, 0.717) is 30.7 Å². The predicted octanol–water partition coefficient (Wildman–Crippen LogP) is 1.52. The number of nitriles is 1. The number of nitrogen functional groups attached to an aromatic ring is 1. The van der Waals surface area contributed by atoms with Gasteiger partial charge in [-0.25, -0.2) is 19.7 Å². The van der Waals surface area contributed by atoms with Crippen molar-refractivity contribution in [2.45, 2.75) is 19.9 Å². The molecule has 0 saturated carbocycles. The van der Waals surface area contributed by atoms with Crippen molar-refractivity contribution in [1.29, 1.82) is 5.26 Å². The van der Waals surface area contributed by atoms with Crippen LogP contribution in [-0.2, 0) is 17.7 Å². The average Bonchev–Trinajstić information content (AvgIpc) is 2.67. The third-order valence-electron chi connectivity index (χ3n) is 4.12. The molecule has 0 saturated heterocycles. The molecule has 1 aliphatic heterocycles. The topological polar surface area (TPSA) is 127 Å². The van der Waals surface area contributed by atoms with Crippen LogP contribution in [0.4, 0.5) is 10.6 Å². The van der Waals surface area contributed by atoms with Gasteiger partial charge in [0.05, 0.1) is 26.0 Å². The minimum absolute atomic E-state index is 0.154. The van der Waals surface area contributed by atoms with Crippen LogP contribution in [-0.4, -0.2) is 46.2 Å². The predicted molar refractivity (Wildman–Crippen MR) is 92.1 cm³/mol. The summed E-state index contributed by atoms with van der Waals surface area (Å²) in [4.78, 5) is 26.3. The summed E-state index contributed by atoms with van der Waals surface area (Å²) < 4.78 is 10.1. The van der Waals surface area contributed by atoms with Crippen molar-refractivity contribution in [3.63, 3.8) is 0 Å². The first kappa shape index (κ1) is 17.4. The van der Waals surface area contributed by atoms with Gasteiger partial charge in [-0.15, -0.1) is 0 Å². The Labute approximate surface area is 150 Å². The normalized spacial score (nSPS) is 12.9. The number of fused-ring (bicyclic) bond motifs is 1. The lowest BCUT2D eigenvalue weighted by Crippen LogP contribution is -2.37. The molecule has 1 amide bonds. The number of nitrogens with two attached hydrogens (primary N) is 1. The van der Waals surface area contributed by atoms with E-state index in [1.807, 2.05) is 0 Å². The summed E-state index contributed by atoms with van der Waals surface area (Å²) >= 11 is 0. The molecular weight excluding hydrogens is 336 g/mol. The number of nitrogens with zero attached hydrogens (tertiary/aromatic N) is 5. The van der Waals surface area contributed by atoms with Crippen LogP contribution in [0.1, 0.15) is 23.7 Å². The first-order valence-electron chi connectivity index (χ1n) is 8.08. The lowest BCUT2D eigenvalue weighted by atomic mass is 9.92. The number of hydrogen-bond acceptors (Lipinski definition) is 8. The third-order valence-corrected chi connectivity index (χ3v) is 4.12. The Morgan fingerprint density at radius 3 is 2.77 bits per heavy atom. The van der Waals surface area contributed by atoms with Crippen molar-refractivity contribution in [3.05, 3.63) is 29.2 Å². The highest BCUT2D eigenvalue weighted by molar-refractivity contribution is 5.79. The van der Waals surface area contributed by atoms with Gasteiger partial charge in [0.25, 0.3) is 0 Å². The quantitative estimate of drug-likeness (QED) is 0.878. The van der Waals surface area contributed by atoms with Gasteiger partial charge in [-0.05, 0) is 6.92 Å². The highest BCUT2D eigenvalue weighted by Gasteiger charge is 2.28. The zero-order chi connectivity index (χ0) is 18.7. The van der Waals surface area contributed by atoms with E-state index in [9.17, 15) is 10.1 Å². The van der Waals surface area contributed by atoms with Crippen LogP contribution in [0.3, 0.4) is 0 Å². The second-order valence-corrected chi connectivity index (χ2v) is 5.61. The van der Waals surface area contributed by atoms with E-state index < -0.39 is 6.09 Å². The Morgan fingerprint density at radius 1 is 1.42 bits per heavy atom. The molecule has 2 aromatic rings. The Balaban J connectivity index is 2.12. The van der Waals surface area contributed by atoms with Gasteiger partial charge in [0.15, 0.2) is 0 Å². The van der Waals surface area contributed by atoms with E-state index >= 15 is 0 Å². The number of methoxy groups -OCH3 is 1. The third kappa shape index (κ3) is 3.09. The van der Waals surface area contributed by atoms with Crippen molar-refractivity contribution >= 4 is 11.9 Å². The van der Waals surface area contributed by atoms with E-state index in [0.717, 1.165) is 11.3 Å². The molecule has 0 atom stereocenters. The van der Waals surface area contributed by atoms with Crippen molar-refractivity contribution in [3.8, 4) is 23.2 Å². The number of anilines is 1. The van der Waals surface area contributed by atoms with Gasteiger partial charge < -0.3 is 20.1 Å². The minimum Gasteiger partial charge on any atom is -0.467 e. The standard InChI is InChI=1S/C17H18N6O3/c1-3-26-17(24)23-5-4-13-12(9-23)14(11(6-18)15(19)22-13)10-7-20-16(25-2)21-8-10/h7-8H,3-5,9H2,1-2H3,(H2,19,22). The van der Waals surface area contributed by atoms with Gasteiger partial charge in [0.1, 0.15) is 17.5 Å². The van der Waals surface area contributed by atoms with Crippen molar-refractivity contribution in [1.82, 2.24) is 19.9 Å². The van der Waals surface area contributed by atoms with Crippen molar-refractivity contribution < 1.29 is 14.3 Å². The maximum absolute atomic E-state index is 12.1. The van der Waals surface area contributed by atoms with Gasteiger partial charge in [-0.1, -0.05) is 0 Å². The monoisotopic (exact) mass is 354 g/mol. The van der Waals surface area contributed by atoms with Crippen molar-refractivity contribution in [2.75, 3.05) is 26.0 Å². The SMILES string of the molecule is CCOC(=O)N1CCc2nc(N)c(C#N)c(-c3cnc(OC)nc3)c2C1. The van der Waals surface area contributed by atoms with Crippen LogP contribution in [0.5, 0.6) is 6.01 Å². The summed E-state index contributed by atoms with van der Waals surface area (Å²) in [5, 5.41) is 9.58. The minimum atomic E-state index is -0.398. The number of carbonyl (C=O) groups is 1. The van der Waals surface area contributed by atoms with Crippen LogP contribution < -0.4 is 10.5 Å². The lowest BCUT2D eigenvalue weighted by molar-refractivity contribution is 0.102. The van der Waals surface area contributed by atoms with Gasteiger partial charge in [-0.3, -0.25) is 0 Å². The number of amides is 1. The molecule has 9 heteroatoms. The van der Waals surface area contributed by atoms with E-state index in [2.05, 4.69) is 21.0 Å². The Morgan fingerprint density at radius 2 is 2.15 bits per heavy atom. The summed E-state index contributed by atoms with van der Waals surface area (Å²) in [5.74, 6) is 0.154. The molecule has 0 radical (unpaired) electrons. The number of carbonyl (C=O) groups excluding carboxylic acids is 1. The van der Waals surface area contributed by atoms with E-state index in [4.69, 9.17) is 15.2 Å².